The minimum Gasteiger partial charge on any atom is -0.374 e. The lowest BCUT2D eigenvalue weighted by Gasteiger charge is -2.22. The van der Waals surface area contributed by atoms with Crippen LogP contribution in [-0.2, 0) is 17.6 Å². The lowest BCUT2D eigenvalue weighted by molar-refractivity contribution is 0.0719. The summed E-state index contributed by atoms with van der Waals surface area (Å²) in [5, 5.41) is 6.74. The van der Waals surface area contributed by atoms with Crippen LogP contribution in [-0.4, -0.2) is 65.9 Å². The van der Waals surface area contributed by atoms with Crippen LogP contribution in [0.5, 0.6) is 0 Å². The SMILES string of the molecule is CCOC1CN(c2nccs2)CC1Nc1nc(CC)c(-c2cnc(N(C)C)cc2C)nc1CC. The maximum atomic E-state index is 6.10. The molecule has 9 heteroatoms. The Bertz CT molecular complexity index is 1100. The lowest BCUT2D eigenvalue weighted by Crippen LogP contribution is -2.35. The first-order valence-corrected chi connectivity index (χ1v) is 12.9. The van der Waals surface area contributed by atoms with Crippen LogP contribution < -0.4 is 15.1 Å². The molecular weight excluding hydrogens is 446 g/mol. The summed E-state index contributed by atoms with van der Waals surface area (Å²) in [6.45, 7) is 10.7. The summed E-state index contributed by atoms with van der Waals surface area (Å²) in [5.41, 5.74) is 5.06. The van der Waals surface area contributed by atoms with Gasteiger partial charge in [-0.3, -0.25) is 0 Å². The summed E-state index contributed by atoms with van der Waals surface area (Å²) in [6, 6.07) is 2.22. The molecule has 1 saturated heterocycles. The van der Waals surface area contributed by atoms with Crippen molar-refractivity contribution in [2.24, 2.45) is 0 Å². The Morgan fingerprint density at radius 2 is 1.91 bits per heavy atom. The zero-order chi connectivity index (χ0) is 24.2. The molecule has 0 bridgehead atoms. The van der Waals surface area contributed by atoms with Gasteiger partial charge in [0, 0.05) is 57.1 Å². The van der Waals surface area contributed by atoms with E-state index in [9.17, 15) is 0 Å². The summed E-state index contributed by atoms with van der Waals surface area (Å²) < 4.78 is 6.10. The predicted octanol–water partition coefficient (Wildman–Crippen LogP) is 4.20. The zero-order valence-electron chi connectivity index (χ0n) is 21.0. The first-order valence-electron chi connectivity index (χ1n) is 12.0. The van der Waals surface area contributed by atoms with E-state index in [1.165, 1.54) is 0 Å². The highest BCUT2D eigenvalue weighted by molar-refractivity contribution is 7.13. The molecule has 1 aliphatic rings. The molecule has 1 N–H and O–H groups in total. The van der Waals surface area contributed by atoms with Crippen LogP contribution in [0.2, 0.25) is 0 Å². The van der Waals surface area contributed by atoms with Crippen molar-refractivity contribution in [1.29, 1.82) is 0 Å². The van der Waals surface area contributed by atoms with Gasteiger partial charge in [-0.1, -0.05) is 13.8 Å². The summed E-state index contributed by atoms with van der Waals surface area (Å²) in [5.74, 6) is 1.79. The molecule has 3 aromatic heterocycles. The van der Waals surface area contributed by atoms with E-state index in [2.05, 4.69) is 47.0 Å². The Labute approximate surface area is 206 Å². The van der Waals surface area contributed by atoms with Crippen molar-refractivity contribution >= 4 is 28.1 Å². The second kappa shape index (κ2) is 10.7. The summed E-state index contributed by atoms with van der Waals surface area (Å²) in [7, 11) is 4.01. The van der Waals surface area contributed by atoms with Crippen LogP contribution in [0.1, 0.15) is 37.7 Å². The molecule has 0 radical (unpaired) electrons. The summed E-state index contributed by atoms with van der Waals surface area (Å²) in [6.07, 6.45) is 5.42. The van der Waals surface area contributed by atoms with E-state index in [1.54, 1.807) is 11.3 Å². The van der Waals surface area contributed by atoms with Gasteiger partial charge in [0.25, 0.3) is 0 Å². The fraction of sp³-hybridized carbons (Fsp3) is 0.520. The first kappa shape index (κ1) is 24.3. The second-order valence-electron chi connectivity index (χ2n) is 8.74. The highest BCUT2D eigenvalue weighted by Crippen LogP contribution is 2.30. The van der Waals surface area contributed by atoms with Crippen LogP contribution >= 0.6 is 11.3 Å². The molecule has 0 aromatic carbocycles. The third-order valence-corrected chi connectivity index (χ3v) is 7.01. The van der Waals surface area contributed by atoms with E-state index < -0.39 is 0 Å². The van der Waals surface area contributed by atoms with E-state index in [1.807, 2.05) is 43.7 Å². The summed E-state index contributed by atoms with van der Waals surface area (Å²) >= 11 is 1.66. The van der Waals surface area contributed by atoms with Crippen molar-refractivity contribution in [2.45, 2.75) is 52.7 Å². The lowest BCUT2D eigenvalue weighted by atomic mass is 10.0. The predicted molar refractivity (Wildman–Crippen MR) is 140 cm³/mol. The van der Waals surface area contributed by atoms with Gasteiger partial charge in [-0.25, -0.2) is 19.9 Å². The van der Waals surface area contributed by atoms with Crippen molar-refractivity contribution in [3.05, 3.63) is 40.8 Å². The van der Waals surface area contributed by atoms with Gasteiger partial charge in [0.1, 0.15) is 11.6 Å². The summed E-state index contributed by atoms with van der Waals surface area (Å²) in [4.78, 5) is 23.6. The molecule has 3 aromatic rings. The van der Waals surface area contributed by atoms with Gasteiger partial charge < -0.3 is 19.9 Å². The van der Waals surface area contributed by atoms with Crippen LogP contribution in [0.25, 0.3) is 11.3 Å². The number of aromatic nitrogens is 4. The Morgan fingerprint density at radius 3 is 2.53 bits per heavy atom. The molecule has 34 heavy (non-hydrogen) atoms. The highest BCUT2D eigenvalue weighted by atomic mass is 32.1. The molecule has 0 saturated carbocycles. The quantitative estimate of drug-likeness (QED) is 0.487. The Morgan fingerprint density at radius 1 is 1.12 bits per heavy atom. The van der Waals surface area contributed by atoms with Gasteiger partial charge in [0.2, 0.25) is 0 Å². The minimum atomic E-state index is 0.0650. The van der Waals surface area contributed by atoms with Crippen LogP contribution in [0.3, 0.4) is 0 Å². The number of aryl methyl sites for hydroxylation is 3. The van der Waals surface area contributed by atoms with E-state index in [4.69, 9.17) is 14.7 Å². The van der Waals surface area contributed by atoms with E-state index in [0.29, 0.717) is 6.61 Å². The van der Waals surface area contributed by atoms with Gasteiger partial charge in [0.05, 0.1) is 29.2 Å². The van der Waals surface area contributed by atoms with Crippen molar-refractivity contribution in [2.75, 3.05) is 48.9 Å². The third kappa shape index (κ3) is 5.00. The average molecular weight is 482 g/mol. The number of nitrogens with zero attached hydrogens (tertiary/aromatic N) is 6. The van der Waals surface area contributed by atoms with Gasteiger partial charge in [0.15, 0.2) is 5.13 Å². The topological polar surface area (TPSA) is 79.3 Å². The molecule has 2 unspecified atom stereocenters. The molecule has 8 nitrogen and oxygen atoms in total. The third-order valence-electron chi connectivity index (χ3n) is 6.18. The molecule has 4 rings (SSSR count). The number of thiazole rings is 1. The standard InChI is InChI=1S/C25H35N7OS/c1-7-18-23(17-13-27-22(31(5)6)12-16(17)4)28-19(8-2)24(29-18)30-20-14-32(15-21(20)33-9-3)25-26-10-11-34-25/h10-13,20-21H,7-9,14-15H2,1-6H3,(H,29,30). The maximum Gasteiger partial charge on any atom is 0.185 e. The number of hydrogen-bond donors (Lipinski definition) is 1. The number of pyridine rings is 1. The first-order chi connectivity index (χ1) is 16.4. The molecule has 0 amide bonds. The number of nitrogens with one attached hydrogen (secondary N) is 1. The largest absolute Gasteiger partial charge is 0.374 e. The van der Waals surface area contributed by atoms with E-state index in [-0.39, 0.29) is 12.1 Å². The van der Waals surface area contributed by atoms with Crippen LogP contribution in [0.15, 0.2) is 23.8 Å². The van der Waals surface area contributed by atoms with Gasteiger partial charge >= 0.3 is 0 Å². The van der Waals surface area contributed by atoms with Gasteiger partial charge in [-0.2, -0.15) is 0 Å². The molecule has 182 valence electrons. The Hall–Kier alpha value is -2.78. The fourth-order valence-corrected chi connectivity index (χ4v) is 5.03. The van der Waals surface area contributed by atoms with E-state index >= 15 is 0 Å². The number of ether oxygens (including phenoxy) is 1. The van der Waals surface area contributed by atoms with Crippen molar-refractivity contribution in [1.82, 2.24) is 19.9 Å². The van der Waals surface area contributed by atoms with Gasteiger partial charge in [-0.05, 0) is 38.3 Å². The molecule has 0 spiro atoms. The average Bonchev–Trinajstić information content (AvgIpc) is 3.49. The van der Waals surface area contributed by atoms with Crippen molar-refractivity contribution in [3.63, 3.8) is 0 Å². The molecule has 1 fully saturated rings. The molecular formula is C25H35N7OS. The number of rotatable bonds is 9. The second-order valence-corrected chi connectivity index (χ2v) is 9.61. The number of anilines is 3. The highest BCUT2D eigenvalue weighted by Gasteiger charge is 2.35. The number of hydrogen-bond acceptors (Lipinski definition) is 9. The van der Waals surface area contributed by atoms with Crippen LogP contribution in [0, 0.1) is 6.92 Å². The Kier molecular flexibility index (Phi) is 7.63. The smallest absolute Gasteiger partial charge is 0.185 e. The fourth-order valence-electron chi connectivity index (χ4n) is 4.36. The Balaban J connectivity index is 1.65. The maximum absolute atomic E-state index is 6.10. The molecule has 1 aliphatic heterocycles. The molecule has 4 heterocycles. The monoisotopic (exact) mass is 481 g/mol. The van der Waals surface area contributed by atoms with Crippen molar-refractivity contribution in [3.8, 4) is 11.3 Å². The zero-order valence-corrected chi connectivity index (χ0v) is 21.8. The van der Waals surface area contributed by atoms with Gasteiger partial charge in [-0.15, -0.1) is 11.3 Å². The van der Waals surface area contributed by atoms with Crippen LogP contribution in [0.4, 0.5) is 16.8 Å². The normalized spacial score (nSPS) is 17.9. The van der Waals surface area contributed by atoms with Crippen molar-refractivity contribution < 1.29 is 4.74 Å². The molecule has 2 atom stereocenters. The minimum absolute atomic E-state index is 0.0650. The van der Waals surface area contributed by atoms with E-state index in [0.717, 1.165) is 70.9 Å². The molecule has 0 aliphatic carbocycles.